The summed E-state index contributed by atoms with van der Waals surface area (Å²) in [6.45, 7) is 0. The smallest absolute Gasteiger partial charge is 0.176 e. The second-order valence-electron chi connectivity index (χ2n) is 1.40. The van der Waals surface area contributed by atoms with E-state index in [9.17, 15) is 4.79 Å². The highest BCUT2D eigenvalue weighted by Crippen LogP contribution is 1.73. The second-order valence-corrected chi connectivity index (χ2v) is 1.40. The minimum absolute atomic E-state index is 0.167. The fraction of sp³-hybridized carbons (Fsp3) is 0.667. The van der Waals surface area contributed by atoms with E-state index in [-0.39, 0.29) is 5.81 Å². The SMILES string of the molecule is [B][B]C(=O)N(C)C. The van der Waals surface area contributed by atoms with Crippen LogP contribution in [0.2, 0.25) is 0 Å². The molecule has 4 heteroatoms. The van der Waals surface area contributed by atoms with E-state index < -0.39 is 0 Å². The van der Waals surface area contributed by atoms with Gasteiger partial charge >= 0.3 is 0 Å². The molecule has 0 bridgehead atoms. The molecule has 0 atom stereocenters. The maximum atomic E-state index is 10.3. The number of carbonyl (C=O) groups is 1. The van der Waals surface area contributed by atoms with E-state index in [2.05, 4.69) is 0 Å². The van der Waals surface area contributed by atoms with Crippen LogP contribution >= 0.6 is 0 Å². The molecule has 0 spiro atoms. The minimum atomic E-state index is -0.167. The Hall–Kier alpha value is -0.400. The normalized spacial score (nSPS) is 7.71. The highest BCUT2D eigenvalue weighted by atomic mass is 16.1. The van der Waals surface area contributed by atoms with E-state index in [0.717, 1.165) is 7.17 Å². The van der Waals surface area contributed by atoms with Crippen molar-refractivity contribution in [2.75, 3.05) is 14.1 Å². The molecular formula is C3H6B2NO. The summed E-state index contributed by atoms with van der Waals surface area (Å²) in [6.07, 6.45) is 0. The number of nitrogens with zero attached hydrogens (tertiary/aromatic N) is 1. The van der Waals surface area contributed by atoms with Gasteiger partial charge in [-0.25, -0.2) is 0 Å². The van der Waals surface area contributed by atoms with Crippen molar-refractivity contribution in [3.05, 3.63) is 0 Å². The molecule has 0 aliphatic heterocycles. The number of hydrogen-bond donors (Lipinski definition) is 0. The summed E-state index contributed by atoms with van der Waals surface area (Å²) in [7, 11) is 9.17. The minimum Gasteiger partial charge on any atom is -0.359 e. The van der Waals surface area contributed by atoms with Crippen LogP contribution in [0.4, 0.5) is 4.79 Å². The van der Waals surface area contributed by atoms with Gasteiger partial charge in [-0.15, -0.1) is 0 Å². The lowest BCUT2D eigenvalue weighted by molar-refractivity contribution is 0.239. The molecule has 0 aliphatic rings. The van der Waals surface area contributed by atoms with Gasteiger partial charge in [-0.1, -0.05) is 0 Å². The van der Waals surface area contributed by atoms with E-state index in [0.29, 0.717) is 0 Å². The summed E-state index contributed by atoms with van der Waals surface area (Å²) in [4.78, 5) is 11.7. The molecule has 0 aromatic rings. The monoisotopic (exact) mass is 94.1 g/mol. The lowest BCUT2D eigenvalue weighted by Crippen LogP contribution is -2.25. The lowest BCUT2D eigenvalue weighted by atomic mass is 9.55. The first-order chi connectivity index (χ1) is 3.18. The highest BCUT2D eigenvalue weighted by Gasteiger charge is 1.96. The molecule has 0 N–H and O–H groups in total. The zero-order chi connectivity index (χ0) is 5.86. The molecular weight excluding hydrogens is 87.7 g/mol. The average Bonchev–Trinajstić information content (AvgIpc) is 1.65. The zero-order valence-electron chi connectivity index (χ0n) is 4.51. The largest absolute Gasteiger partial charge is 0.359 e. The van der Waals surface area contributed by atoms with Crippen LogP contribution in [-0.4, -0.2) is 39.7 Å². The number of rotatable bonds is 1. The number of amides is 1. The Labute approximate surface area is 45.5 Å². The van der Waals surface area contributed by atoms with E-state index in [1.807, 2.05) is 0 Å². The average molecular weight is 93.7 g/mol. The third kappa shape index (κ3) is 2.31. The summed E-state index contributed by atoms with van der Waals surface area (Å²) in [6, 6.07) is 0. The van der Waals surface area contributed by atoms with Gasteiger partial charge in [0.1, 0.15) is 0 Å². The predicted molar refractivity (Wildman–Crippen MR) is 30.6 cm³/mol. The Morgan fingerprint density at radius 2 is 2.14 bits per heavy atom. The van der Waals surface area contributed by atoms with Crippen LogP contribution < -0.4 is 0 Å². The fourth-order valence-corrected chi connectivity index (χ4v) is 0.149. The van der Waals surface area contributed by atoms with Crippen molar-refractivity contribution in [2.45, 2.75) is 0 Å². The molecule has 7 heavy (non-hydrogen) atoms. The van der Waals surface area contributed by atoms with Crippen LogP contribution in [0.15, 0.2) is 0 Å². The molecule has 0 rings (SSSR count). The van der Waals surface area contributed by atoms with Crippen LogP contribution in [0.3, 0.4) is 0 Å². The van der Waals surface area contributed by atoms with Gasteiger partial charge < -0.3 is 4.90 Å². The summed E-state index contributed by atoms with van der Waals surface area (Å²) in [5.74, 6) is -0.167. The first-order valence-corrected chi connectivity index (χ1v) is 1.94. The predicted octanol–water partition coefficient (Wildman–Crippen LogP) is -0.544. The Bertz CT molecular complexity index is 73.3. The van der Waals surface area contributed by atoms with E-state index in [1.165, 1.54) is 4.90 Å². The molecule has 2 nitrogen and oxygen atoms in total. The molecule has 0 fully saturated rings. The van der Waals surface area contributed by atoms with Crippen LogP contribution in [0.25, 0.3) is 0 Å². The Kier molecular flexibility index (Phi) is 2.56. The maximum absolute atomic E-state index is 10.3. The molecule has 0 unspecified atom stereocenters. The number of hydrogen-bond acceptors (Lipinski definition) is 1. The molecule has 0 aliphatic carbocycles. The topological polar surface area (TPSA) is 20.3 Å². The standard InChI is InChI=1S/C3H6B2NO/c1-6(2)3(7)5-4/h1-2H3. The first kappa shape index (κ1) is 6.60. The van der Waals surface area contributed by atoms with Crippen LogP contribution in [0.5, 0.6) is 0 Å². The summed E-state index contributed by atoms with van der Waals surface area (Å²) < 4.78 is 0. The van der Waals surface area contributed by atoms with Gasteiger partial charge in [-0.2, -0.15) is 0 Å². The van der Waals surface area contributed by atoms with Gasteiger partial charge in [0.05, 0.1) is 0 Å². The number of carbonyl (C=O) groups excluding carboxylic acids is 1. The molecule has 0 aromatic carbocycles. The zero-order valence-corrected chi connectivity index (χ0v) is 4.51. The highest BCUT2D eigenvalue weighted by molar-refractivity contribution is 7.07. The molecule has 0 saturated carbocycles. The van der Waals surface area contributed by atoms with E-state index in [4.69, 9.17) is 7.74 Å². The van der Waals surface area contributed by atoms with Gasteiger partial charge in [0.15, 0.2) is 13.0 Å². The molecule has 3 radical (unpaired) electrons. The Balaban J connectivity index is 3.35. The van der Waals surface area contributed by atoms with Gasteiger partial charge in [0, 0.05) is 21.8 Å². The van der Waals surface area contributed by atoms with Crippen LogP contribution in [0, 0.1) is 0 Å². The third-order valence-corrected chi connectivity index (χ3v) is 0.583. The second kappa shape index (κ2) is 2.72. The lowest BCUT2D eigenvalue weighted by Gasteiger charge is -2.06. The van der Waals surface area contributed by atoms with Gasteiger partial charge in [0.25, 0.3) is 0 Å². The van der Waals surface area contributed by atoms with Crippen LogP contribution in [0.1, 0.15) is 0 Å². The summed E-state index contributed by atoms with van der Waals surface area (Å²) >= 11 is 0. The van der Waals surface area contributed by atoms with Gasteiger partial charge in [-0.3, -0.25) is 4.79 Å². The van der Waals surface area contributed by atoms with Crippen molar-refractivity contribution in [3.8, 4) is 0 Å². The van der Waals surface area contributed by atoms with Crippen LogP contribution in [-0.2, 0) is 0 Å². The van der Waals surface area contributed by atoms with Crippen molar-refractivity contribution >= 4 is 20.7 Å². The summed E-state index contributed by atoms with van der Waals surface area (Å²) in [5, 5.41) is 0. The van der Waals surface area contributed by atoms with Crippen molar-refractivity contribution in [2.24, 2.45) is 0 Å². The van der Waals surface area contributed by atoms with Crippen molar-refractivity contribution in [1.82, 2.24) is 4.90 Å². The molecule has 0 aromatic heterocycles. The molecule has 0 saturated heterocycles. The fourth-order valence-electron chi connectivity index (χ4n) is 0.149. The summed E-state index contributed by atoms with van der Waals surface area (Å²) in [5.41, 5.74) is 0. The van der Waals surface area contributed by atoms with E-state index >= 15 is 0 Å². The van der Waals surface area contributed by atoms with Crippen molar-refractivity contribution in [3.63, 3.8) is 0 Å². The third-order valence-electron chi connectivity index (χ3n) is 0.583. The Morgan fingerprint density at radius 3 is 2.14 bits per heavy atom. The van der Waals surface area contributed by atoms with Gasteiger partial charge in [0.2, 0.25) is 0 Å². The maximum Gasteiger partial charge on any atom is 0.176 e. The Morgan fingerprint density at radius 1 is 1.71 bits per heavy atom. The van der Waals surface area contributed by atoms with Crippen molar-refractivity contribution < 1.29 is 4.79 Å². The quantitative estimate of drug-likeness (QED) is 0.399. The molecule has 0 heterocycles. The van der Waals surface area contributed by atoms with E-state index in [1.54, 1.807) is 14.1 Å². The first-order valence-electron chi connectivity index (χ1n) is 1.94. The molecule has 1 amide bonds. The van der Waals surface area contributed by atoms with Gasteiger partial charge in [-0.05, 0) is 0 Å². The van der Waals surface area contributed by atoms with Crippen molar-refractivity contribution in [1.29, 1.82) is 0 Å². The molecule has 35 valence electrons.